The highest BCUT2D eigenvalue weighted by Crippen LogP contribution is 2.24. The monoisotopic (exact) mass is 220 g/mol. The van der Waals surface area contributed by atoms with E-state index in [0.717, 1.165) is 23.4 Å². The second kappa shape index (κ2) is 4.51. The molecule has 2 aromatic heterocycles. The number of nitrogens with zero attached hydrogens (tertiary/aromatic N) is 2. The molecule has 3 N–H and O–H groups in total. The molecular formula is C11H16N4O. The molecule has 0 bridgehead atoms. The van der Waals surface area contributed by atoms with Gasteiger partial charge in [-0.05, 0) is 19.9 Å². The predicted molar refractivity (Wildman–Crippen MR) is 60.5 cm³/mol. The molecule has 0 amide bonds. The molecule has 0 saturated carbocycles. The molecule has 0 radical (unpaired) electrons. The van der Waals surface area contributed by atoms with E-state index in [9.17, 15) is 0 Å². The molecule has 2 heterocycles. The maximum Gasteiger partial charge on any atom is 0.105 e. The van der Waals surface area contributed by atoms with E-state index in [0.29, 0.717) is 0 Å². The highest BCUT2D eigenvalue weighted by molar-refractivity contribution is 5.30. The van der Waals surface area contributed by atoms with Gasteiger partial charge in [0.2, 0.25) is 0 Å². The average molecular weight is 220 g/mol. The SMILES string of the molecule is CCn1cc(C(NN)c2ccoc2C)cn1. The van der Waals surface area contributed by atoms with Gasteiger partial charge in [0.15, 0.2) is 0 Å². The fourth-order valence-electron chi connectivity index (χ4n) is 1.76. The molecule has 0 saturated heterocycles. The highest BCUT2D eigenvalue weighted by Gasteiger charge is 2.17. The van der Waals surface area contributed by atoms with Crippen molar-refractivity contribution >= 4 is 0 Å². The minimum Gasteiger partial charge on any atom is -0.469 e. The normalized spacial score (nSPS) is 12.9. The van der Waals surface area contributed by atoms with Crippen molar-refractivity contribution in [1.29, 1.82) is 0 Å². The van der Waals surface area contributed by atoms with E-state index in [1.807, 2.05) is 37.0 Å². The van der Waals surface area contributed by atoms with Gasteiger partial charge in [-0.15, -0.1) is 0 Å². The van der Waals surface area contributed by atoms with E-state index in [1.54, 1.807) is 6.26 Å². The average Bonchev–Trinajstić information content (AvgIpc) is 2.90. The first-order chi connectivity index (χ1) is 7.76. The van der Waals surface area contributed by atoms with Crippen molar-refractivity contribution in [2.24, 2.45) is 5.84 Å². The van der Waals surface area contributed by atoms with Crippen LogP contribution in [0.3, 0.4) is 0 Å². The summed E-state index contributed by atoms with van der Waals surface area (Å²) in [6.07, 6.45) is 5.47. The molecule has 0 aliphatic carbocycles. The van der Waals surface area contributed by atoms with E-state index >= 15 is 0 Å². The summed E-state index contributed by atoms with van der Waals surface area (Å²) < 4.78 is 7.15. The van der Waals surface area contributed by atoms with Crippen molar-refractivity contribution in [3.63, 3.8) is 0 Å². The highest BCUT2D eigenvalue weighted by atomic mass is 16.3. The van der Waals surface area contributed by atoms with Gasteiger partial charge in [0.1, 0.15) is 5.76 Å². The minimum atomic E-state index is -0.0703. The zero-order valence-corrected chi connectivity index (χ0v) is 9.47. The van der Waals surface area contributed by atoms with Crippen molar-refractivity contribution in [1.82, 2.24) is 15.2 Å². The fraction of sp³-hybridized carbons (Fsp3) is 0.364. The first kappa shape index (κ1) is 10.9. The molecule has 5 nitrogen and oxygen atoms in total. The lowest BCUT2D eigenvalue weighted by Crippen LogP contribution is -2.28. The Morgan fingerprint density at radius 3 is 2.94 bits per heavy atom. The van der Waals surface area contributed by atoms with Gasteiger partial charge in [-0.1, -0.05) is 0 Å². The van der Waals surface area contributed by atoms with Crippen molar-refractivity contribution in [2.45, 2.75) is 26.4 Å². The number of aromatic nitrogens is 2. The summed E-state index contributed by atoms with van der Waals surface area (Å²) in [7, 11) is 0. The smallest absolute Gasteiger partial charge is 0.105 e. The Morgan fingerprint density at radius 1 is 1.62 bits per heavy atom. The first-order valence-corrected chi connectivity index (χ1v) is 5.28. The van der Waals surface area contributed by atoms with Crippen LogP contribution in [-0.2, 0) is 6.54 Å². The molecule has 5 heteroatoms. The summed E-state index contributed by atoms with van der Waals surface area (Å²) in [6.45, 7) is 4.82. The number of nitrogens with one attached hydrogen (secondary N) is 1. The number of hydrazine groups is 1. The van der Waals surface area contributed by atoms with E-state index < -0.39 is 0 Å². The Morgan fingerprint density at radius 2 is 2.44 bits per heavy atom. The predicted octanol–water partition coefficient (Wildman–Crippen LogP) is 1.36. The van der Waals surface area contributed by atoms with Crippen LogP contribution in [0.15, 0.2) is 29.1 Å². The Kier molecular flexibility index (Phi) is 3.07. The van der Waals surface area contributed by atoms with Crippen LogP contribution >= 0.6 is 0 Å². The maximum atomic E-state index is 5.59. The van der Waals surface area contributed by atoms with Gasteiger partial charge in [0, 0.05) is 23.9 Å². The van der Waals surface area contributed by atoms with Crippen LogP contribution in [0.25, 0.3) is 0 Å². The van der Waals surface area contributed by atoms with E-state index in [2.05, 4.69) is 10.5 Å². The number of rotatable bonds is 4. The largest absolute Gasteiger partial charge is 0.469 e. The van der Waals surface area contributed by atoms with Gasteiger partial charge in [-0.3, -0.25) is 10.5 Å². The van der Waals surface area contributed by atoms with E-state index in [-0.39, 0.29) is 6.04 Å². The van der Waals surface area contributed by atoms with Gasteiger partial charge >= 0.3 is 0 Å². The van der Waals surface area contributed by atoms with Crippen molar-refractivity contribution < 1.29 is 4.42 Å². The number of hydrogen-bond donors (Lipinski definition) is 2. The quantitative estimate of drug-likeness (QED) is 0.603. The summed E-state index contributed by atoms with van der Waals surface area (Å²) in [6, 6.07) is 1.85. The second-order valence-electron chi connectivity index (χ2n) is 3.66. The van der Waals surface area contributed by atoms with Crippen LogP contribution in [0.5, 0.6) is 0 Å². The summed E-state index contributed by atoms with van der Waals surface area (Å²) in [5.74, 6) is 6.45. The lowest BCUT2D eigenvalue weighted by atomic mass is 10.0. The standard InChI is InChI=1S/C11H16N4O/c1-3-15-7-9(6-13-15)11(14-12)10-4-5-16-8(10)2/h4-7,11,14H,3,12H2,1-2H3. The van der Waals surface area contributed by atoms with Gasteiger partial charge in [-0.25, -0.2) is 5.43 Å². The number of nitrogens with two attached hydrogens (primary N) is 1. The fourth-order valence-corrected chi connectivity index (χ4v) is 1.76. The molecule has 86 valence electrons. The molecule has 2 aromatic rings. The third-order valence-electron chi connectivity index (χ3n) is 2.69. The van der Waals surface area contributed by atoms with Gasteiger partial charge in [0.05, 0.1) is 18.5 Å². The maximum absolute atomic E-state index is 5.59. The van der Waals surface area contributed by atoms with Crippen LogP contribution in [0, 0.1) is 6.92 Å². The molecule has 0 aliphatic rings. The Balaban J connectivity index is 2.32. The van der Waals surface area contributed by atoms with E-state index in [4.69, 9.17) is 10.3 Å². The third kappa shape index (κ3) is 1.87. The molecule has 0 aliphatic heterocycles. The molecule has 1 unspecified atom stereocenters. The third-order valence-corrected chi connectivity index (χ3v) is 2.69. The van der Waals surface area contributed by atoms with Gasteiger partial charge in [-0.2, -0.15) is 5.10 Å². The summed E-state index contributed by atoms with van der Waals surface area (Å²) >= 11 is 0. The topological polar surface area (TPSA) is 69.0 Å². The molecule has 0 aromatic carbocycles. The van der Waals surface area contributed by atoms with Crippen molar-refractivity contribution in [3.8, 4) is 0 Å². The van der Waals surface area contributed by atoms with Crippen molar-refractivity contribution in [3.05, 3.63) is 41.6 Å². The van der Waals surface area contributed by atoms with Gasteiger partial charge < -0.3 is 4.42 Å². The van der Waals surface area contributed by atoms with E-state index in [1.165, 1.54) is 0 Å². The number of hydrogen-bond acceptors (Lipinski definition) is 4. The molecule has 0 spiro atoms. The van der Waals surface area contributed by atoms with Crippen LogP contribution in [0.2, 0.25) is 0 Å². The Hall–Kier alpha value is -1.59. The molecule has 0 fully saturated rings. The summed E-state index contributed by atoms with van der Waals surface area (Å²) in [5.41, 5.74) is 4.86. The van der Waals surface area contributed by atoms with Gasteiger partial charge in [0.25, 0.3) is 0 Å². The van der Waals surface area contributed by atoms with Crippen molar-refractivity contribution in [2.75, 3.05) is 0 Å². The molecular weight excluding hydrogens is 204 g/mol. The van der Waals surface area contributed by atoms with Crippen LogP contribution in [0.1, 0.15) is 29.9 Å². The summed E-state index contributed by atoms with van der Waals surface area (Å²) in [5, 5.41) is 4.23. The number of furan rings is 1. The van der Waals surface area contributed by atoms with Crippen LogP contribution in [-0.4, -0.2) is 9.78 Å². The molecule has 16 heavy (non-hydrogen) atoms. The first-order valence-electron chi connectivity index (χ1n) is 5.28. The summed E-state index contributed by atoms with van der Waals surface area (Å²) in [4.78, 5) is 0. The Labute approximate surface area is 94.2 Å². The molecule has 1 atom stereocenters. The Bertz CT molecular complexity index is 460. The zero-order chi connectivity index (χ0) is 11.5. The van der Waals surface area contributed by atoms with Crippen LogP contribution in [0.4, 0.5) is 0 Å². The minimum absolute atomic E-state index is 0.0703. The zero-order valence-electron chi connectivity index (χ0n) is 9.47. The van der Waals surface area contributed by atoms with Crippen LogP contribution < -0.4 is 11.3 Å². The lowest BCUT2D eigenvalue weighted by Gasteiger charge is -2.12. The lowest BCUT2D eigenvalue weighted by molar-refractivity contribution is 0.520. The number of aryl methyl sites for hydroxylation is 2. The second-order valence-corrected chi connectivity index (χ2v) is 3.66. The molecule has 2 rings (SSSR count).